The molecule has 112 valence electrons. The first-order valence-corrected chi connectivity index (χ1v) is 8.55. The van der Waals surface area contributed by atoms with Crippen LogP contribution in [0.25, 0.3) is 0 Å². The van der Waals surface area contributed by atoms with Gasteiger partial charge in [0.05, 0.1) is 0 Å². The molecule has 2 rings (SSSR count). The molecule has 0 aromatic heterocycles. The van der Waals surface area contributed by atoms with Gasteiger partial charge in [0.15, 0.2) is 0 Å². The van der Waals surface area contributed by atoms with Crippen molar-refractivity contribution in [2.75, 3.05) is 6.54 Å². The molecule has 20 heavy (non-hydrogen) atoms. The largest absolute Gasteiger partial charge is 0.310 e. The molecule has 0 bridgehead atoms. The van der Waals surface area contributed by atoms with Crippen molar-refractivity contribution in [3.05, 3.63) is 35.4 Å². The van der Waals surface area contributed by atoms with Crippen molar-refractivity contribution in [1.29, 1.82) is 0 Å². The molecular weight excluding hydrogens is 242 g/mol. The summed E-state index contributed by atoms with van der Waals surface area (Å²) in [6, 6.07) is 9.50. The molecule has 1 saturated carbocycles. The zero-order valence-electron chi connectivity index (χ0n) is 13.5. The molecule has 1 nitrogen and oxygen atoms in total. The van der Waals surface area contributed by atoms with Crippen molar-refractivity contribution in [2.45, 2.75) is 65.3 Å². The van der Waals surface area contributed by atoms with Crippen LogP contribution in [0.3, 0.4) is 0 Å². The van der Waals surface area contributed by atoms with E-state index in [-0.39, 0.29) is 0 Å². The molecule has 1 unspecified atom stereocenters. The van der Waals surface area contributed by atoms with Gasteiger partial charge in [0, 0.05) is 6.04 Å². The van der Waals surface area contributed by atoms with E-state index in [1.54, 1.807) is 0 Å². The Morgan fingerprint density at radius 1 is 1.10 bits per heavy atom. The third-order valence-electron chi connectivity index (χ3n) is 5.08. The van der Waals surface area contributed by atoms with Gasteiger partial charge >= 0.3 is 0 Å². The molecule has 0 radical (unpaired) electrons. The normalized spacial score (nSPS) is 24.6. The summed E-state index contributed by atoms with van der Waals surface area (Å²) in [5.41, 5.74) is 2.97. The van der Waals surface area contributed by atoms with E-state index in [1.807, 2.05) is 0 Å². The molecule has 0 amide bonds. The number of rotatable bonds is 6. The third kappa shape index (κ3) is 3.85. The molecule has 1 fully saturated rings. The number of hydrogen-bond donors (Lipinski definition) is 1. The predicted octanol–water partition coefficient (Wildman–Crippen LogP) is 5.25. The Bertz CT molecular complexity index is 391. The number of benzene rings is 1. The average Bonchev–Trinajstić information content (AvgIpc) is 2.50. The average molecular weight is 273 g/mol. The highest BCUT2D eigenvalue weighted by Crippen LogP contribution is 2.38. The molecular formula is C19H31N. The Morgan fingerprint density at radius 2 is 1.80 bits per heavy atom. The van der Waals surface area contributed by atoms with Gasteiger partial charge in [-0.2, -0.15) is 0 Å². The fraction of sp³-hybridized carbons (Fsp3) is 0.684. The summed E-state index contributed by atoms with van der Waals surface area (Å²) in [6.45, 7) is 8.00. The minimum Gasteiger partial charge on any atom is -0.310 e. The minimum atomic E-state index is 0.564. The number of hydrogen-bond acceptors (Lipinski definition) is 1. The van der Waals surface area contributed by atoms with Crippen LogP contribution in [0.4, 0.5) is 0 Å². The fourth-order valence-electron chi connectivity index (χ4n) is 3.70. The lowest BCUT2D eigenvalue weighted by Crippen LogP contribution is -2.32. The van der Waals surface area contributed by atoms with Gasteiger partial charge in [0.25, 0.3) is 0 Å². The summed E-state index contributed by atoms with van der Waals surface area (Å²) in [5, 5.41) is 3.83. The maximum atomic E-state index is 3.83. The molecule has 1 aliphatic rings. The standard InChI is InChI=1S/C19H31N/c1-4-14-20-19(18-9-7-6-8-15(18)3)17-12-10-16(5-2)11-13-17/h6-9,16-17,19-20H,4-5,10-14H2,1-3H3. The number of aryl methyl sites for hydroxylation is 1. The second-order valence-electron chi connectivity index (χ2n) is 6.48. The van der Waals surface area contributed by atoms with E-state index < -0.39 is 0 Å². The highest BCUT2D eigenvalue weighted by molar-refractivity contribution is 5.29. The molecule has 1 aliphatic carbocycles. The van der Waals surface area contributed by atoms with Crippen molar-refractivity contribution in [3.8, 4) is 0 Å². The summed E-state index contributed by atoms with van der Waals surface area (Å²) in [5.74, 6) is 1.81. The van der Waals surface area contributed by atoms with E-state index in [4.69, 9.17) is 0 Å². The Balaban J connectivity index is 2.10. The summed E-state index contributed by atoms with van der Waals surface area (Å²) in [4.78, 5) is 0. The summed E-state index contributed by atoms with van der Waals surface area (Å²) < 4.78 is 0. The molecule has 1 aromatic carbocycles. The lowest BCUT2D eigenvalue weighted by atomic mass is 9.75. The van der Waals surface area contributed by atoms with E-state index in [0.29, 0.717) is 6.04 Å². The molecule has 1 atom stereocenters. The second kappa shape index (κ2) is 7.83. The first kappa shape index (κ1) is 15.6. The van der Waals surface area contributed by atoms with E-state index in [0.717, 1.165) is 18.4 Å². The SMILES string of the molecule is CCCNC(c1ccccc1C)C1CCC(CC)CC1. The third-order valence-corrected chi connectivity index (χ3v) is 5.08. The zero-order chi connectivity index (χ0) is 14.4. The molecule has 0 saturated heterocycles. The maximum absolute atomic E-state index is 3.83. The van der Waals surface area contributed by atoms with Gasteiger partial charge in [0.2, 0.25) is 0 Å². The Hall–Kier alpha value is -0.820. The van der Waals surface area contributed by atoms with Gasteiger partial charge in [-0.25, -0.2) is 0 Å². The van der Waals surface area contributed by atoms with E-state index in [9.17, 15) is 0 Å². The van der Waals surface area contributed by atoms with Crippen LogP contribution in [0.5, 0.6) is 0 Å². The number of nitrogens with one attached hydrogen (secondary N) is 1. The van der Waals surface area contributed by atoms with Crippen LogP contribution in [0.1, 0.15) is 69.5 Å². The van der Waals surface area contributed by atoms with E-state index >= 15 is 0 Å². The van der Waals surface area contributed by atoms with Crippen LogP contribution in [-0.2, 0) is 0 Å². The molecule has 0 aliphatic heterocycles. The molecule has 1 aromatic rings. The first-order chi connectivity index (χ1) is 9.76. The quantitative estimate of drug-likeness (QED) is 0.746. The van der Waals surface area contributed by atoms with Crippen LogP contribution >= 0.6 is 0 Å². The minimum absolute atomic E-state index is 0.564. The van der Waals surface area contributed by atoms with Gasteiger partial charge < -0.3 is 5.32 Å². The Labute approximate surface area is 125 Å². The first-order valence-electron chi connectivity index (χ1n) is 8.55. The molecule has 1 heteroatoms. The summed E-state index contributed by atoms with van der Waals surface area (Å²) in [7, 11) is 0. The van der Waals surface area contributed by atoms with Gasteiger partial charge in [-0.1, -0.05) is 57.4 Å². The molecule has 1 N–H and O–H groups in total. The van der Waals surface area contributed by atoms with Crippen molar-refractivity contribution in [2.24, 2.45) is 11.8 Å². The van der Waals surface area contributed by atoms with Crippen molar-refractivity contribution >= 4 is 0 Å². The van der Waals surface area contributed by atoms with Crippen molar-refractivity contribution in [3.63, 3.8) is 0 Å². The summed E-state index contributed by atoms with van der Waals surface area (Å²) in [6.07, 6.45) is 8.23. The van der Waals surface area contributed by atoms with E-state index in [2.05, 4.69) is 50.4 Å². The monoisotopic (exact) mass is 273 g/mol. The zero-order valence-corrected chi connectivity index (χ0v) is 13.5. The van der Waals surface area contributed by atoms with Crippen LogP contribution < -0.4 is 5.32 Å². The van der Waals surface area contributed by atoms with Gasteiger partial charge in [0.1, 0.15) is 0 Å². The maximum Gasteiger partial charge on any atom is 0.0351 e. The lowest BCUT2D eigenvalue weighted by Gasteiger charge is -2.35. The van der Waals surface area contributed by atoms with Crippen LogP contribution in [0.15, 0.2) is 24.3 Å². The lowest BCUT2D eigenvalue weighted by molar-refractivity contribution is 0.218. The van der Waals surface area contributed by atoms with Gasteiger partial charge in [-0.3, -0.25) is 0 Å². The van der Waals surface area contributed by atoms with Crippen molar-refractivity contribution in [1.82, 2.24) is 5.32 Å². The van der Waals surface area contributed by atoms with Crippen LogP contribution in [-0.4, -0.2) is 6.54 Å². The topological polar surface area (TPSA) is 12.0 Å². The molecule has 0 spiro atoms. The highest BCUT2D eigenvalue weighted by atomic mass is 14.9. The van der Waals surface area contributed by atoms with Crippen molar-refractivity contribution < 1.29 is 0 Å². The molecule has 0 heterocycles. The van der Waals surface area contributed by atoms with Crippen LogP contribution in [0.2, 0.25) is 0 Å². The Morgan fingerprint density at radius 3 is 2.40 bits per heavy atom. The second-order valence-corrected chi connectivity index (χ2v) is 6.48. The van der Waals surface area contributed by atoms with Gasteiger partial charge in [-0.05, 0) is 55.7 Å². The highest BCUT2D eigenvalue weighted by Gasteiger charge is 2.28. The summed E-state index contributed by atoms with van der Waals surface area (Å²) >= 11 is 0. The van der Waals surface area contributed by atoms with Gasteiger partial charge in [-0.15, -0.1) is 0 Å². The van der Waals surface area contributed by atoms with Crippen LogP contribution in [0, 0.1) is 18.8 Å². The smallest absolute Gasteiger partial charge is 0.0351 e. The predicted molar refractivity (Wildman–Crippen MR) is 88.0 cm³/mol. The fourth-order valence-corrected chi connectivity index (χ4v) is 3.70. The van der Waals surface area contributed by atoms with E-state index in [1.165, 1.54) is 49.7 Å². The Kier molecular flexibility index (Phi) is 6.09.